The summed E-state index contributed by atoms with van der Waals surface area (Å²) < 4.78 is 1.09. The summed E-state index contributed by atoms with van der Waals surface area (Å²) in [5.41, 5.74) is 1.22. The number of carbonyl (C=O) groups is 1. The van der Waals surface area contributed by atoms with E-state index in [0.29, 0.717) is 27.2 Å². The Labute approximate surface area is 118 Å². The van der Waals surface area contributed by atoms with Crippen LogP contribution >= 0.6 is 11.6 Å². The maximum atomic E-state index is 11.5. The molecule has 100 valence electrons. The number of pyridine rings is 1. The van der Waals surface area contributed by atoms with Crippen molar-refractivity contribution in [2.75, 3.05) is 0 Å². The minimum Gasteiger partial charge on any atom is -0.506 e. The number of para-hydroxylation sites is 1. The Hall–Kier alpha value is -2.53. The molecule has 1 aromatic carbocycles. The molecular formula is C14H9ClN2O3. The molecule has 5 nitrogen and oxygen atoms in total. The highest BCUT2D eigenvalue weighted by atomic mass is 35.5. The van der Waals surface area contributed by atoms with Gasteiger partial charge in [-0.15, -0.1) is 0 Å². The zero-order chi connectivity index (χ0) is 14.3. The summed E-state index contributed by atoms with van der Waals surface area (Å²) in [6.45, 7) is 0. The van der Waals surface area contributed by atoms with Crippen LogP contribution in [0.5, 0.6) is 5.75 Å². The Bertz CT molecular complexity index is 826. The Kier molecular flexibility index (Phi) is 2.84. The highest BCUT2D eigenvalue weighted by Gasteiger charge is 2.21. The van der Waals surface area contributed by atoms with Crippen LogP contribution in [0.15, 0.2) is 42.7 Å². The number of rotatable bonds is 1. The van der Waals surface area contributed by atoms with Crippen molar-refractivity contribution in [2.45, 2.75) is 0 Å². The van der Waals surface area contributed by atoms with Crippen LogP contribution in [0.3, 0.4) is 0 Å². The molecule has 2 heterocycles. The first-order valence-electron chi connectivity index (χ1n) is 5.76. The largest absolute Gasteiger partial charge is 0.506 e. The van der Waals surface area contributed by atoms with Crippen LogP contribution in [-0.2, 0) is 0 Å². The fourth-order valence-corrected chi connectivity index (χ4v) is 2.57. The number of hydrogen-bond donors (Lipinski definition) is 2. The third-order valence-electron chi connectivity index (χ3n) is 3.00. The fraction of sp³-hybridized carbons (Fsp3) is 0. The number of benzene rings is 1. The molecule has 0 aliphatic rings. The molecule has 6 heteroatoms. The van der Waals surface area contributed by atoms with Gasteiger partial charge < -0.3 is 10.2 Å². The molecular weight excluding hydrogens is 280 g/mol. The van der Waals surface area contributed by atoms with E-state index < -0.39 is 6.09 Å². The Morgan fingerprint density at radius 3 is 2.70 bits per heavy atom. The van der Waals surface area contributed by atoms with Gasteiger partial charge in [0, 0.05) is 17.1 Å². The van der Waals surface area contributed by atoms with E-state index in [2.05, 4.69) is 4.98 Å². The Balaban J connectivity index is 2.43. The molecule has 0 aliphatic heterocycles. The molecule has 0 fully saturated rings. The van der Waals surface area contributed by atoms with Crippen molar-refractivity contribution in [3.8, 4) is 17.0 Å². The second-order valence-electron chi connectivity index (χ2n) is 4.23. The van der Waals surface area contributed by atoms with Crippen molar-refractivity contribution in [3.63, 3.8) is 0 Å². The molecule has 0 aliphatic carbocycles. The van der Waals surface area contributed by atoms with Crippen LogP contribution in [0.1, 0.15) is 0 Å². The van der Waals surface area contributed by atoms with Crippen LogP contribution in [0, 0.1) is 0 Å². The van der Waals surface area contributed by atoms with E-state index in [1.165, 1.54) is 18.5 Å². The monoisotopic (exact) mass is 288 g/mol. The van der Waals surface area contributed by atoms with Crippen LogP contribution < -0.4 is 0 Å². The maximum Gasteiger partial charge on any atom is 0.416 e. The third-order valence-corrected chi connectivity index (χ3v) is 3.38. The van der Waals surface area contributed by atoms with Crippen LogP contribution in [0.4, 0.5) is 4.79 Å². The first-order valence-corrected chi connectivity index (χ1v) is 6.14. The summed E-state index contributed by atoms with van der Waals surface area (Å²) in [5, 5.41) is 19.9. The molecule has 0 atom stereocenters. The van der Waals surface area contributed by atoms with E-state index in [1.807, 2.05) is 0 Å². The van der Waals surface area contributed by atoms with Gasteiger partial charge in [-0.1, -0.05) is 29.8 Å². The second kappa shape index (κ2) is 4.54. The zero-order valence-electron chi connectivity index (χ0n) is 10.1. The van der Waals surface area contributed by atoms with Gasteiger partial charge in [0.05, 0.1) is 22.4 Å². The molecule has 2 aromatic heterocycles. The number of hydrogen-bond acceptors (Lipinski definition) is 3. The molecule has 2 N–H and O–H groups in total. The lowest BCUT2D eigenvalue weighted by Crippen LogP contribution is -2.09. The van der Waals surface area contributed by atoms with Crippen molar-refractivity contribution in [1.82, 2.24) is 9.55 Å². The fourth-order valence-electron chi connectivity index (χ4n) is 2.21. The molecule has 0 bridgehead atoms. The van der Waals surface area contributed by atoms with Crippen LogP contribution in [0.2, 0.25) is 5.02 Å². The van der Waals surface area contributed by atoms with Gasteiger partial charge in [0.2, 0.25) is 0 Å². The van der Waals surface area contributed by atoms with Crippen molar-refractivity contribution in [2.24, 2.45) is 0 Å². The lowest BCUT2D eigenvalue weighted by Gasteiger charge is -2.05. The van der Waals surface area contributed by atoms with Crippen LogP contribution in [-0.4, -0.2) is 25.9 Å². The first-order chi connectivity index (χ1) is 9.59. The molecule has 0 spiro atoms. The van der Waals surface area contributed by atoms with Gasteiger partial charge in [-0.2, -0.15) is 0 Å². The highest BCUT2D eigenvalue weighted by Crippen LogP contribution is 2.37. The van der Waals surface area contributed by atoms with Gasteiger partial charge in [0.15, 0.2) is 0 Å². The average Bonchev–Trinajstić information content (AvgIpc) is 2.73. The topological polar surface area (TPSA) is 75.3 Å². The molecule has 0 amide bonds. The average molecular weight is 289 g/mol. The summed E-state index contributed by atoms with van der Waals surface area (Å²) in [6.07, 6.45) is 1.58. The normalized spacial score (nSPS) is 10.8. The molecule has 0 saturated carbocycles. The van der Waals surface area contributed by atoms with E-state index in [-0.39, 0.29) is 5.75 Å². The van der Waals surface area contributed by atoms with Crippen molar-refractivity contribution in [1.29, 1.82) is 0 Å². The minimum absolute atomic E-state index is 0.0549. The predicted octanol–water partition coefficient (Wildman–Crippen LogP) is 3.59. The first kappa shape index (κ1) is 12.5. The molecule has 0 radical (unpaired) electrons. The van der Waals surface area contributed by atoms with Gasteiger partial charge in [0.1, 0.15) is 5.75 Å². The number of nitrogens with zero attached hydrogens (tertiary/aromatic N) is 2. The Morgan fingerprint density at radius 2 is 2.00 bits per heavy atom. The van der Waals surface area contributed by atoms with Crippen molar-refractivity contribution >= 4 is 28.6 Å². The SMILES string of the molecule is O=C(O)n1c(-c2cncc(O)c2)c(Cl)c2ccccc21. The number of aromatic nitrogens is 2. The lowest BCUT2D eigenvalue weighted by molar-refractivity contribution is 0.198. The van der Waals surface area contributed by atoms with Gasteiger partial charge in [0.25, 0.3) is 0 Å². The van der Waals surface area contributed by atoms with Crippen molar-refractivity contribution in [3.05, 3.63) is 47.7 Å². The van der Waals surface area contributed by atoms with E-state index >= 15 is 0 Å². The van der Waals surface area contributed by atoms with E-state index in [0.717, 1.165) is 4.57 Å². The number of aromatic hydroxyl groups is 1. The number of fused-ring (bicyclic) bond motifs is 1. The summed E-state index contributed by atoms with van der Waals surface area (Å²) >= 11 is 6.30. The summed E-state index contributed by atoms with van der Waals surface area (Å²) in [6, 6.07) is 8.37. The van der Waals surface area contributed by atoms with Gasteiger partial charge in [-0.3, -0.25) is 4.98 Å². The number of carboxylic acid groups (broad SMARTS) is 1. The predicted molar refractivity (Wildman–Crippen MR) is 75.3 cm³/mol. The lowest BCUT2D eigenvalue weighted by atomic mass is 10.2. The van der Waals surface area contributed by atoms with Crippen molar-refractivity contribution < 1.29 is 15.0 Å². The molecule has 20 heavy (non-hydrogen) atoms. The molecule has 0 unspecified atom stereocenters. The van der Waals surface area contributed by atoms with E-state index in [1.54, 1.807) is 24.3 Å². The Morgan fingerprint density at radius 1 is 1.25 bits per heavy atom. The summed E-state index contributed by atoms with van der Waals surface area (Å²) in [7, 11) is 0. The molecule has 0 saturated heterocycles. The number of halogens is 1. The van der Waals surface area contributed by atoms with E-state index in [4.69, 9.17) is 11.6 Å². The smallest absolute Gasteiger partial charge is 0.416 e. The van der Waals surface area contributed by atoms with Gasteiger partial charge in [-0.05, 0) is 12.1 Å². The zero-order valence-corrected chi connectivity index (χ0v) is 10.9. The third kappa shape index (κ3) is 1.80. The quantitative estimate of drug-likeness (QED) is 0.717. The minimum atomic E-state index is -1.15. The second-order valence-corrected chi connectivity index (χ2v) is 4.61. The molecule has 3 aromatic rings. The highest BCUT2D eigenvalue weighted by molar-refractivity contribution is 6.39. The maximum absolute atomic E-state index is 11.5. The summed E-state index contributed by atoms with van der Waals surface area (Å²) in [4.78, 5) is 15.4. The van der Waals surface area contributed by atoms with Crippen LogP contribution in [0.25, 0.3) is 22.2 Å². The molecule has 3 rings (SSSR count). The standard InChI is InChI=1S/C14H9ClN2O3/c15-12-10-3-1-2-4-11(10)17(14(19)20)13(12)8-5-9(18)7-16-6-8/h1-7,18H,(H,19,20). The summed E-state index contributed by atoms with van der Waals surface area (Å²) in [5.74, 6) is -0.0549. The van der Waals surface area contributed by atoms with E-state index in [9.17, 15) is 15.0 Å². The van der Waals surface area contributed by atoms with Gasteiger partial charge in [-0.25, -0.2) is 9.36 Å². The van der Waals surface area contributed by atoms with Gasteiger partial charge >= 0.3 is 6.09 Å².